The molecule has 1 saturated carbocycles. The molecule has 0 saturated heterocycles. The maximum Gasteiger partial charge on any atom is 0.333 e. The Balaban J connectivity index is 2.38. The van der Waals surface area contributed by atoms with Crippen molar-refractivity contribution in [2.45, 2.75) is 51.0 Å². The quantitative estimate of drug-likeness (QED) is 0.742. The highest BCUT2D eigenvalue weighted by atomic mass is 32.2. The van der Waals surface area contributed by atoms with Crippen molar-refractivity contribution in [3.63, 3.8) is 0 Å². The second kappa shape index (κ2) is 4.93. The Morgan fingerprint density at radius 1 is 1.00 bits per heavy atom. The lowest BCUT2D eigenvalue weighted by Gasteiger charge is -2.18. The van der Waals surface area contributed by atoms with Crippen LogP contribution in [0.25, 0.3) is 0 Å². The number of nitrogens with two attached hydrogens (primary N) is 1. The van der Waals surface area contributed by atoms with Gasteiger partial charge in [0.2, 0.25) is 0 Å². The molecule has 78 valence electrons. The molecule has 0 aliphatic heterocycles. The van der Waals surface area contributed by atoms with Crippen molar-refractivity contribution >= 4 is 10.3 Å². The van der Waals surface area contributed by atoms with Gasteiger partial charge in [0.15, 0.2) is 0 Å². The summed E-state index contributed by atoms with van der Waals surface area (Å²) in [6.07, 6.45) is 7.12. The summed E-state index contributed by atoms with van der Waals surface area (Å²) in [7, 11) is -3.75. The molecule has 1 rings (SSSR count). The molecule has 2 N–H and O–H groups in total. The van der Waals surface area contributed by atoms with E-state index in [0.717, 1.165) is 25.7 Å². The Bertz CT molecular complexity index is 230. The Morgan fingerprint density at radius 2 is 1.46 bits per heavy atom. The first-order valence-corrected chi connectivity index (χ1v) is 6.26. The molecule has 0 heterocycles. The summed E-state index contributed by atoms with van der Waals surface area (Å²) in [5.74, 6) is 0. The Hall–Kier alpha value is -0.130. The average Bonchev–Trinajstić information content (AvgIpc) is 1.92. The average molecular weight is 207 g/mol. The summed E-state index contributed by atoms with van der Waals surface area (Å²) in [5, 5.41) is 4.81. The van der Waals surface area contributed by atoms with Crippen LogP contribution in [0.1, 0.15) is 44.9 Å². The Labute approximate surface area is 79.7 Å². The van der Waals surface area contributed by atoms with E-state index in [2.05, 4.69) is 0 Å². The lowest BCUT2D eigenvalue weighted by Crippen LogP contribution is -2.24. The van der Waals surface area contributed by atoms with Crippen molar-refractivity contribution in [3.8, 4) is 0 Å². The van der Waals surface area contributed by atoms with Gasteiger partial charge in [-0.25, -0.2) is 5.14 Å². The zero-order valence-corrected chi connectivity index (χ0v) is 8.55. The van der Waals surface area contributed by atoms with Crippen LogP contribution in [0.5, 0.6) is 0 Å². The van der Waals surface area contributed by atoms with Gasteiger partial charge in [0, 0.05) is 0 Å². The smallest absolute Gasteiger partial charge is 0.255 e. The van der Waals surface area contributed by atoms with Gasteiger partial charge in [0.1, 0.15) is 0 Å². The van der Waals surface area contributed by atoms with Crippen molar-refractivity contribution in [1.29, 1.82) is 0 Å². The third-order valence-electron chi connectivity index (χ3n) is 2.32. The van der Waals surface area contributed by atoms with Crippen LogP contribution in [-0.4, -0.2) is 14.5 Å². The van der Waals surface area contributed by atoms with Gasteiger partial charge in [-0.05, 0) is 12.8 Å². The second-order valence-electron chi connectivity index (χ2n) is 3.56. The molecular formula is C8H17NO3S. The minimum absolute atomic E-state index is 0.185. The predicted molar refractivity (Wildman–Crippen MR) is 50.3 cm³/mol. The van der Waals surface area contributed by atoms with Gasteiger partial charge in [-0.2, -0.15) is 8.42 Å². The van der Waals surface area contributed by atoms with Gasteiger partial charge in [0.25, 0.3) is 0 Å². The Kier molecular flexibility index (Phi) is 4.15. The van der Waals surface area contributed by atoms with Gasteiger partial charge in [-0.3, -0.25) is 4.18 Å². The van der Waals surface area contributed by atoms with Crippen LogP contribution in [0.4, 0.5) is 0 Å². The van der Waals surface area contributed by atoms with Crippen molar-refractivity contribution in [1.82, 2.24) is 0 Å². The molecule has 13 heavy (non-hydrogen) atoms. The van der Waals surface area contributed by atoms with Gasteiger partial charge in [-0.1, -0.05) is 32.1 Å². The van der Waals surface area contributed by atoms with E-state index in [-0.39, 0.29) is 6.10 Å². The van der Waals surface area contributed by atoms with E-state index >= 15 is 0 Å². The van der Waals surface area contributed by atoms with Crippen molar-refractivity contribution < 1.29 is 12.6 Å². The third kappa shape index (κ3) is 5.23. The topological polar surface area (TPSA) is 69.4 Å². The molecule has 0 radical (unpaired) electrons. The molecule has 1 aliphatic carbocycles. The molecule has 0 amide bonds. The molecular weight excluding hydrogens is 190 g/mol. The SMILES string of the molecule is NS(=O)(=O)OC1CCCCCCC1. The molecule has 1 fully saturated rings. The first-order valence-electron chi connectivity index (χ1n) is 4.79. The third-order valence-corrected chi connectivity index (χ3v) is 2.86. The van der Waals surface area contributed by atoms with Crippen LogP contribution < -0.4 is 5.14 Å². The molecule has 0 aromatic carbocycles. The van der Waals surface area contributed by atoms with E-state index in [9.17, 15) is 8.42 Å². The summed E-state index contributed by atoms with van der Waals surface area (Å²) in [6.45, 7) is 0. The van der Waals surface area contributed by atoms with Crippen molar-refractivity contribution in [3.05, 3.63) is 0 Å². The van der Waals surface area contributed by atoms with Gasteiger partial charge in [0.05, 0.1) is 6.10 Å². The molecule has 4 nitrogen and oxygen atoms in total. The first kappa shape index (κ1) is 10.9. The molecule has 0 aromatic rings. The minimum atomic E-state index is -3.75. The molecule has 0 aromatic heterocycles. The van der Waals surface area contributed by atoms with Crippen LogP contribution in [0, 0.1) is 0 Å². The molecule has 1 aliphatic rings. The minimum Gasteiger partial charge on any atom is -0.255 e. The summed E-state index contributed by atoms with van der Waals surface area (Å²) < 4.78 is 26.1. The fourth-order valence-corrected chi connectivity index (χ4v) is 2.28. The van der Waals surface area contributed by atoms with Crippen LogP contribution in [0.3, 0.4) is 0 Å². The Morgan fingerprint density at radius 3 is 1.92 bits per heavy atom. The normalized spacial score (nSPS) is 22.2. The summed E-state index contributed by atoms with van der Waals surface area (Å²) in [6, 6.07) is 0. The molecule has 0 unspecified atom stereocenters. The standard InChI is InChI=1S/C8H17NO3S/c9-13(10,11)12-8-6-4-2-1-3-5-7-8/h8H,1-7H2,(H2,9,10,11). The number of rotatable bonds is 2. The van der Waals surface area contributed by atoms with Crippen LogP contribution >= 0.6 is 0 Å². The van der Waals surface area contributed by atoms with Crippen molar-refractivity contribution in [2.75, 3.05) is 0 Å². The lowest BCUT2D eigenvalue weighted by molar-refractivity contribution is 0.174. The van der Waals surface area contributed by atoms with Crippen molar-refractivity contribution in [2.24, 2.45) is 5.14 Å². The highest BCUT2D eigenvalue weighted by Crippen LogP contribution is 2.19. The van der Waals surface area contributed by atoms with Gasteiger partial charge < -0.3 is 0 Å². The van der Waals surface area contributed by atoms with E-state index in [0.29, 0.717) is 0 Å². The maximum atomic E-state index is 10.7. The molecule has 5 heteroatoms. The first-order chi connectivity index (χ1) is 6.08. The second-order valence-corrected chi connectivity index (χ2v) is 4.73. The zero-order chi connectivity index (χ0) is 9.73. The monoisotopic (exact) mass is 207 g/mol. The fourth-order valence-electron chi connectivity index (χ4n) is 1.70. The largest absolute Gasteiger partial charge is 0.333 e. The van der Waals surface area contributed by atoms with Crippen LogP contribution in [-0.2, 0) is 14.5 Å². The van der Waals surface area contributed by atoms with Gasteiger partial charge >= 0.3 is 10.3 Å². The van der Waals surface area contributed by atoms with E-state index in [1.54, 1.807) is 0 Å². The van der Waals surface area contributed by atoms with Gasteiger partial charge in [-0.15, -0.1) is 0 Å². The van der Waals surface area contributed by atoms with Crippen LogP contribution in [0.15, 0.2) is 0 Å². The summed E-state index contributed by atoms with van der Waals surface area (Å²) in [4.78, 5) is 0. The highest BCUT2D eigenvalue weighted by Gasteiger charge is 2.16. The van der Waals surface area contributed by atoms with E-state index in [4.69, 9.17) is 9.32 Å². The number of hydrogen-bond acceptors (Lipinski definition) is 3. The molecule has 0 atom stereocenters. The summed E-state index contributed by atoms with van der Waals surface area (Å²) >= 11 is 0. The molecule has 0 bridgehead atoms. The predicted octanol–water partition coefficient (Wildman–Crippen LogP) is 1.32. The fraction of sp³-hybridized carbons (Fsp3) is 1.00. The summed E-state index contributed by atoms with van der Waals surface area (Å²) in [5.41, 5.74) is 0. The van der Waals surface area contributed by atoms with E-state index < -0.39 is 10.3 Å². The zero-order valence-electron chi connectivity index (χ0n) is 7.74. The van der Waals surface area contributed by atoms with E-state index in [1.165, 1.54) is 19.3 Å². The molecule has 0 spiro atoms. The maximum absolute atomic E-state index is 10.7. The van der Waals surface area contributed by atoms with Crippen LogP contribution in [0.2, 0.25) is 0 Å². The van der Waals surface area contributed by atoms with E-state index in [1.807, 2.05) is 0 Å². The number of hydrogen-bond donors (Lipinski definition) is 1. The highest BCUT2D eigenvalue weighted by molar-refractivity contribution is 7.84. The lowest BCUT2D eigenvalue weighted by atomic mass is 9.99.